The molecule has 0 aromatic heterocycles. The second-order valence-corrected chi connectivity index (χ2v) is 7.17. The van der Waals surface area contributed by atoms with E-state index in [1.807, 2.05) is 6.92 Å². The number of nitrogens with two attached hydrogens (primary N) is 1. The number of rotatable bonds is 4. The van der Waals surface area contributed by atoms with Gasteiger partial charge < -0.3 is 5.73 Å². The van der Waals surface area contributed by atoms with Crippen molar-refractivity contribution in [1.29, 1.82) is 0 Å². The molecule has 4 nitrogen and oxygen atoms in total. The number of thiocarbonyl (C=S) groups is 1. The van der Waals surface area contributed by atoms with E-state index in [9.17, 15) is 8.42 Å². The summed E-state index contributed by atoms with van der Waals surface area (Å²) < 4.78 is 27.0. The van der Waals surface area contributed by atoms with Gasteiger partial charge in [0.25, 0.3) is 0 Å². The van der Waals surface area contributed by atoms with Crippen LogP contribution < -0.4 is 10.5 Å². The number of sulfonamides is 1. The first kappa shape index (κ1) is 13.7. The Morgan fingerprint density at radius 2 is 2.11 bits per heavy atom. The van der Waals surface area contributed by atoms with E-state index in [1.54, 1.807) is 6.07 Å². The molecule has 1 aromatic rings. The molecule has 7 heteroatoms. The fraction of sp³-hybridized carbons (Fsp3) is 0.364. The van der Waals surface area contributed by atoms with Crippen molar-refractivity contribution in [2.45, 2.75) is 30.2 Å². The molecule has 0 unspecified atom stereocenters. The van der Waals surface area contributed by atoms with Crippen LogP contribution in [0.1, 0.15) is 25.3 Å². The van der Waals surface area contributed by atoms with Crippen molar-refractivity contribution in [1.82, 2.24) is 4.72 Å². The molecule has 0 radical (unpaired) electrons. The summed E-state index contributed by atoms with van der Waals surface area (Å²) in [6.07, 6.45) is 1.66. The third-order valence-corrected chi connectivity index (χ3v) is 5.24. The van der Waals surface area contributed by atoms with E-state index >= 15 is 0 Å². The minimum Gasteiger partial charge on any atom is -0.389 e. The number of nitrogens with one attached hydrogen (secondary N) is 1. The maximum Gasteiger partial charge on any atom is 0.242 e. The highest BCUT2D eigenvalue weighted by molar-refractivity contribution is 7.89. The van der Waals surface area contributed by atoms with E-state index in [0.717, 1.165) is 12.8 Å². The van der Waals surface area contributed by atoms with Crippen molar-refractivity contribution in [2.24, 2.45) is 5.73 Å². The standard InChI is InChI=1S/C11H13ClN2O2S2/c1-11(4-5-11)14-18(15,16)9-6-7(10(13)17)2-3-8(9)12/h2-3,6,14H,4-5H2,1H3,(H2,13,17). The molecule has 0 bridgehead atoms. The fourth-order valence-electron chi connectivity index (χ4n) is 1.53. The summed E-state index contributed by atoms with van der Waals surface area (Å²) in [5.74, 6) is 0. The first-order valence-electron chi connectivity index (χ1n) is 5.37. The summed E-state index contributed by atoms with van der Waals surface area (Å²) in [6, 6.07) is 4.49. The smallest absolute Gasteiger partial charge is 0.242 e. The summed E-state index contributed by atoms with van der Waals surface area (Å²) in [5, 5.41) is 0.159. The molecule has 1 aliphatic rings. The highest BCUT2D eigenvalue weighted by Gasteiger charge is 2.41. The molecule has 3 N–H and O–H groups in total. The Kier molecular flexibility index (Phi) is 3.40. The van der Waals surface area contributed by atoms with Crippen LogP contribution in [0.25, 0.3) is 0 Å². The predicted octanol–water partition coefficient (Wildman–Crippen LogP) is 1.81. The molecule has 1 aliphatic carbocycles. The monoisotopic (exact) mass is 304 g/mol. The largest absolute Gasteiger partial charge is 0.389 e. The van der Waals surface area contributed by atoms with E-state index in [2.05, 4.69) is 4.72 Å². The topological polar surface area (TPSA) is 72.2 Å². The molecular weight excluding hydrogens is 292 g/mol. The van der Waals surface area contributed by atoms with Gasteiger partial charge in [0, 0.05) is 11.1 Å². The molecule has 1 fully saturated rings. The molecule has 0 amide bonds. The van der Waals surface area contributed by atoms with Gasteiger partial charge in [-0.1, -0.05) is 29.9 Å². The van der Waals surface area contributed by atoms with Crippen LogP contribution in [0.15, 0.2) is 23.1 Å². The van der Waals surface area contributed by atoms with Crippen LogP contribution in [-0.4, -0.2) is 18.9 Å². The maximum absolute atomic E-state index is 12.2. The lowest BCUT2D eigenvalue weighted by atomic mass is 10.2. The van der Waals surface area contributed by atoms with Gasteiger partial charge in [-0.05, 0) is 31.9 Å². The van der Waals surface area contributed by atoms with E-state index in [4.69, 9.17) is 29.6 Å². The maximum atomic E-state index is 12.2. The summed E-state index contributed by atoms with van der Waals surface area (Å²) in [5.41, 5.74) is 5.63. The number of hydrogen-bond donors (Lipinski definition) is 2. The van der Waals surface area contributed by atoms with Gasteiger partial charge in [-0.2, -0.15) is 0 Å². The molecule has 0 atom stereocenters. The zero-order valence-corrected chi connectivity index (χ0v) is 12.1. The average molecular weight is 305 g/mol. The van der Waals surface area contributed by atoms with Crippen molar-refractivity contribution in [3.05, 3.63) is 28.8 Å². The summed E-state index contributed by atoms with van der Waals surface area (Å²) in [7, 11) is -3.64. The van der Waals surface area contributed by atoms with Gasteiger partial charge in [-0.3, -0.25) is 0 Å². The summed E-state index contributed by atoms with van der Waals surface area (Å²) in [6.45, 7) is 1.86. The van der Waals surface area contributed by atoms with Gasteiger partial charge in [-0.15, -0.1) is 0 Å². The molecule has 2 rings (SSSR count). The van der Waals surface area contributed by atoms with Crippen LogP contribution in [0.5, 0.6) is 0 Å². The molecule has 0 spiro atoms. The van der Waals surface area contributed by atoms with Crippen LogP contribution >= 0.6 is 23.8 Å². The Morgan fingerprint density at radius 3 is 2.61 bits per heavy atom. The molecule has 0 aliphatic heterocycles. The van der Waals surface area contributed by atoms with Crippen LogP contribution in [0.4, 0.5) is 0 Å². The molecule has 98 valence electrons. The summed E-state index contributed by atoms with van der Waals surface area (Å²) >= 11 is 10.8. The highest BCUT2D eigenvalue weighted by atomic mass is 35.5. The van der Waals surface area contributed by atoms with E-state index < -0.39 is 10.0 Å². The molecule has 0 heterocycles. The normalized spacial score (nSPS) is 17.4. The molecular formula is C11H13ClN2O2S2. The molecule has 1 aromatic carbocycles. The van der Waals surface area contributed by atoms with Gasteiger partial charge in [0.1, 0.15) is 9.88 Å². The van der Waals surface area contributed by atoms with Gasteiger partial charge in [-0.25, -0.2) is 13.1 Å². The van der Waals surface area contributed by atoms with Gasteiger partial charge in [0.2, 0.25) is 10.0 Å². The van der Waals surface area contributed by atoms with Gasteiger partial charge >= 0.3 is 0 Å². The fourth-order valence-corrected chi connectivity index (χ4v) is 3.65. The third kappa shape index (κ3) is 2.83. The van der Waals surface area contributed by atoms with Crippen molar-refractivity contribution >= 4 is 38.8 Å². The van der Waals surface area contributed by atoms with Crippen molar-refractivity contribution in [3.8, 4) is 0 Å². The Morgan fingerprint density at radius 1 is 1.50 bits per heavy atom. The predicted molar refractivity (Wildman–Crippen MR) is 75.3 cm³/mol. The van der Waals surface area contributed by atoms with Crippen molar-refractivity contribution < 1.29 is 8.42 Å². The minimum absolute atomic E-state index is 0.0163. The van der Waals surface area contributed by atoms with Gasteiger partial charge in [0.05, 0.1) is 5.02 Å². The zero-order valence-electron chi connectivity index (χ0n) is 9.73. The Bertz CT molecular complexity index is 609. The minimum atomic E-state index is -3.64. The molecule has 1 saturated carbocycles. The Hall–Kier alpha value is -0.690. The molecule has 0 saturated heterocycles. The third-order valence-electron chi connectivity index (χ3n) is 2.89. The SMILES string of the molecule is CC1(NS(=O)(=O)c2cc(C(N)=S)ccc2Cl)CC1. The van der Waals surface area contributed by atoms with Crippen LogP contribution in [0.3, 0.4) is 0 Å². The first-order valence-corrected chi connectivity index (χ1v) is 7.64. The average Bonchev–Trinajstić information content (AvgIpc) is 2.94. The summed E-state index contributed by atoms with van der Waals surface area (Å²) in [4.78, 5) is 0.156. The van der Waals surface area contributed by atoms with Gasteiger partial charge in [0.15, 0.2) is 0 Å². The lowest BCUT2D eigenvalue weighted by molar-refractivity contribution is 0.558. The number of benzene rings is 1. The van der Waals surface area contributed by atoms with E-state index in [0.29, 0.717) is 5.56 Å². The highest BCUT2D eigenvalue weighted by Crippen LogP contribution is 2.36. The lowest BCUT2D eigenvalue weighted by Crippen LogP contribution is -2.34. The van der Waals surface area contributed by atoms with E-state index in [-0.39, 0.29) is 20.4 Å². The molecule has 18 heavy (non-hydrogen) atoms. The van der Waals surface area contributed by atoms with Crippen LogP contribution in [0.2, 0.25) is 5.02 Å². The second-order valence-electron chi connectivity index (χ2n) is 4.68. The lowest BCUT2D eigenvalue weighted by Gasteiger charge is -2.14. The zero-order chi connectivity index (χ0) is 13.6. The number of halogens is 1. The van der Waals surface area contributed by atoms with Crippen molar-refractivity contribution in [3.63, 3.8) is 0 Å². The van der Waals surface area contributed by atoms with E-state index in [1.165, 1.54) is 12.1 Å². The van der Waals surface area contributed by atoms with Crippen LogP contribution in [-0.2, 0) is 10.0 Å². The quantitative estimate of drug-likeness (QED) is 0.832. The van der Waals surface area contributed by atoms with Crippen molar-refractivity contribution in [2.75, 3.05) is 0 Å². The number of hydrogen-bond acceptors (Lipinski definition) is 3. The Balaban J connectivity index is 2.43. The Labute approximate surface area is 117 Å². The second kappa shape index (κ2) is 4.45. The first-order chi connectivity index (χ1) is 8.23. The van der Waals surface area contributed by atoms with Crippen LogP contribution in [0, 0.1) is 0 Å².